The van der Waals surface area contributed by atoms with Gasteiger partial charge in [-0.25, -0.2) is 0 Å². The molecule has 0 radical (unpaired) electrons. The van der Waals surface area contributed by atoms with Crippen LogP contribution in [-0.2, 0) is 16.0 Å². The fourth-order valence-corrected chi connectivity index (χ4v) is 2.63. The van der Waals surface area contributed by atoms with E-state index in [1.165, 1.54) is 7.11 Å². The molecule has 0 spiro atoms. The fraction of sp³-hybridized carbons (Fsp3) is 0.214. The summed E-state index contributed by atoms with van der Waals surface area (Å²) >= 11 is 1.62. The second-order valence-corrected chi connectivity index (χ2v) is 4.67. The summed E-state index contributed by atoms with van der Waals surface area (Å²) in [6, 6.07) is 9.77. The van der Waals surface area contributed by atoms with Gasteiger partial charge in [0.25, 0.3) is 0 Å². The average Bonchev–Trinajstić information content (AvgIpc) is 2.86. The molecule has 0 amide bonds. The maximum absolute atomic E-state index is 11.3. The van der Waals surface area contributed by atoms with Crippen molar-refractivity contribution in [3.63, 3.8) is 0 Å². The third kappa shape index (κ3) is 2.71. The second-order valence-electron chi connectivity index (χ2n) is 3.76. The lowest BCUT2D eigenvalue weighted by Gasteiger charge is -2.04. The number of thiophene rings is 1. The van der Waals surface area contributed by atoms with E-state index < -0.39 is 0 Å². The van der Waals surface area contributed by atoms with Gasteiger partial charge in [-0.15, -0.1) is 11.3 Å². The van der Waals surface area contributed by atoms with Gasteiger partial charge in [0.05, 0.1) is 20.6 Å². The van der Waals surface area contributed by atoms with E-state index in [0.29, 0.717) is 6.42 Å². The summed E-state index contributed by atoms with van der Waals surface area (Å²) in [5.41, 5.74) is 2.08. The molecule has 1 heterocycles. The summed E-state index contributed by atoms with van der Waals surface area (Å²) in [5, 5.41) is 1.98. The normalized spacial score (nSPS) is 10.1. The van der Waals surface area contributed by atoms with Gasteiger partial charge in [0.1, 0.15) is 5.75 Å². The minimum atomic E-state index is -0.219. The van der Waals surface area contributed by atoms with Crippen molar-refractivity contribution in [1.29, 1.82) is 0 Å². The number of methoxy groups -OCH3 is 2. The molecule has 18 heavy (non-hydrogen) atoms. The van der Waals surface area contributed by atoms with E-state index in [1.54, 1.807) is 18.4 Å². The van der Waals surface area contributed by atoms with Gasteiger partial charge in [0.15, 0.2) is 0 Å². The third-order valence-corrected chi connectivity index (χ3v) is 3.67. The predicted molar refractivity (Wildman–Crippen MR) is 72.0 cm³/mol. The maximum atomic E-state index is 11.3. The molecule has 94 valence electrons. The van der Waals surface area contributed by atoms with Gasteiger partial charge in [0.2, 0.25) is 0 Å². The van der Waals surface area contributed by atoms with Crippen LogP contribution in [-0.4, -0.2) is 20.2 Å². The van der Waals surface area contributed by atoms with Crippen molar-refractivity contribution in [3.8, 4) is 16.2 Å². The molecular weight excluding hydrogens is 248 g/mol. The maximum Gasteiger partial charge on any atom is 0.310 e. The Balaban J connectivity index is 2.27. The van der Waals surface area contributed by atoms with Crippen LogP contribution in [0.25, 0.3) is 10.4 Å². The molecule has 0 aliphatic rings. The van der Waals surface area contributed by atoms with Gasteiger partial charge in [-0.2, -0.15) is 0 Å². The Hall–Kier alpha value is -1.81. The molecule has 0 atom stereocenters. The van der Waals surface area contributed by atoms with Crippen molar-refractivity contribution < 1.29 is 14.3 Å². The van der Waals surface area contributed by atoms with Crippen LogP contribution in [0.5, 0.6) is 5.75 Å². The lowest BCUT2D eigenvalue weighted by Crippen LogP contribution is -2.04. The average molecular weight is 262 g/mol. The lowest BCUT2D eigenvalue weighted by atomic mass is 10.1. The number of hydrogen-bond donors (Lipinski definition) is 0. The Morgan fingerprint density at radius 2 is 1.89 bits per heavy atom. The van der Waals surface area contributed by atoms with Crippen molar-refractivity contribution in [3.05, 3.63) is 41.3 Å². The first kappa shape index (κ1) is 12.6. The van der Waals surface area contributed by atoms with Crippen LogP contribution in [0.3, 0.4) is 0 Å². The fourth-order valence-electron chi connectivity index (χ4n) is 1.70. The van der Waals surface area contributed by atoms with Crippen molar-refractivity contribution in [1.82, 2.24) is 0 Å². The number of rotatable bonds is 4. The largest absolute Gasteiger partial charge is 0.497 e. The SMILES string of the molecule is COC(=O)Cc1ccsc1-c1ccc(OC)cc1. The molecule has 1 aromatic heterocycles. The first-order valence-corrected chi connectivity index (χ1v) is 6.40. The van der Waals surface area contributed by atoms with E-state index in [-0.39, 0.29) is 5.97 Å². The van der Waals surface area contributed by atoms with E-state index in [0.717, 1.165) is 21.8 Å². The topological polar surface area (TPSA) is 35.5 Å². The molecule has 1 aromatic carbocycles. The quantitative estimate of drug-likeness (QED) is 0.794. The lowest BCUT2D eigenvalue weighted by molar-refractivity contribution is -0.139. The van der Waals surface area contributed by atoms with Gasteiger partial charge in [-0.05, 0) is 46.8 Å². The zero-order valence-electron chi connectivity index (χ0n) is 10.3. The first-order valence-electron chi connectivity index (χ1n) is 5.52. The van der Waals surface area contributed by atoms with Crippen molar-refractivity contribution in [2.24, 2.45) is 0 Å². The molecule has 0 saturated carbocycles. The Kier molecular flexibility index (Phi) is 3.99. The Morgan fingerprint density at radius 3 is 2.50 bits per heavy atom. The Bertz CT molecular complexity index is 528. The number of benzene rings is 1. The summed E-state index contributed by atoms with van der Waals surface area (Å²) in [6.45, 7) is 0. The van der Waals surface area contributed by atoms with Crippen LogP contribution in [0.1, 0.15) is 5.56 Å². The highest BCUT2D eigenvalue weighted by atomic mass is 32.1. The first-order chi connectivity index (χ1) is 8.74. The number of carbonyl (C=O) groups is 1. The van der Waals surface area contributed by atoms with Crippen molar-refractivity contribution in [2.45, 2.75) is 6.42 Å². The molecule has 0 bridgehead atoms. The molecule has 0 aliphatic carbocycles. The summed E-state index contributed by atoms with van der Waals surface area (Å²) < 4.78 is 9.82. The molecule has 2 aromatic rings. The van der Waals surface area contributed by atoms with E-state index in [4.69, 9.17) is 9.47 Å². The number of ether oxygens (including phenoxy) is 2. The molecule has 3 nitrogen and oxygen atoms in total. The zero-order chi connectivity index (χ0) is 13.0. The second kappa shape index (κ2) is 5.69. The van der Waals surface area contributed by atoms with E-state index in [2.05, 4.69) is 0 Å². The predicted octanol–water partition coefficient (Wildman–Crippen LogP) is 3.14. The van der Waals surface area contributed by atoms with E-state index in [1.807, 2.05) is 35.7 Å². The molecule has 0 saturated heterocycles. The molecule has 0 N–H and O–H groups in total. The minimum Gasteiger partial charge on any atom is -0.497 e. The number of hydrogen-bond acceptors (Lipinski definition) is 4. The molecular formula is C14H14O3S. The molecule has 0 unspecified atom stereocenters. The third-order valence-electron chi connectivity index (χ3n) is 2.66. The van der Waals surface area contributed by atoms with E-state index in [9.17, 15) is 4.79 Å². The van der Waals surface area contributed by atoms with Crippen molar-refractivity contribution >= 4 is 17.3 Å². The molecule has 0 fully saturated rings. The van der Waals surface area contributed by atoms with Gasteiger partial charge in [-0.3, -0.25) is 4.79 Å². The van der Waals surface area contributed by atoms with Crippen LogP contribution < -0.4 is 4.74 Å². The van der Waals surface area contributed by atoms with Gasteiger partial charge in [0, 0.05) is 4.88 Å². The van der Waals surface area contributed by atoms with Gasteiger partial charge < -0.3 is 9.47 Å². The monoisotopic (exact) mass is 262 g/mol. The number of esters is 1. The summed E-state index contributed by atoms with van der Waals surface area (Å²) in [7, 11) is 3.05. The molecule has 2 rings (SSSR count). The zero-order valence-corrected chi connectivity index (χ0v) is 11.1. The summed E-state index contributed by atoms with van der Waals surface area (Å²) in [4.78, 5) is 12.4. The highest BCUT2D eigenvalue weighted by molar-refractivity contribution is 7.13. The van der Waals surface area contributed by atoms with E-state index >= 15 is 0 Å². The smallest absolute Gasteiger partial charge is 0.310 e. The molecule has 0 aliphatic heterocycles. The highest BCUT2D eigenvalue weighted by Crippen LogP contribution is 2.31. The summed E-state index contributed by atoms with van der Waals surface area (Å²) in [5.74, 6) is 0.605. The highest BCUT2D eigenvalue weighted by Gasteiger charge is 2.11. The molecule has 4 heteroatoms. The van der Waals surface area contributed by atoms with Crippen LogP contribution in [0.2, 0.25) is 0 Å². The van der Waals surface area contributed by atoms with Crippen molar-refractivity contribution in [2.75, 3.05) is 14.2 Å². The van der Waals surface area contributed by atoms with Crippen LogP contribution in [0.15, 0.2) is 35.7 Å². The van der Waals surface area contributed by atoms with Crippen LogP contribution in [0, 0.1) is 0 Å². The van der Waals surface area contributed by atoms with Crippen LogP contribution >= 0.6 is 11.3 Å². The van der Waals surface area contributed by atoms with Crippen LogP contribution in [0.4, 0.5) is 0 Å². The summed E-state index contributed by atoms with van der Waals surface area (Å²) in [6.07, 6.45) is 0.307. The Labute approximate surface area is 110 Å². The standard InChI is InChI=1S/C14H14O3S/c1-16-12-5-3-10(4-6-12)14-11(7-8-18-14)9-13(15)17-2/h3-8H,9H2,1-2H3. The van der Waals surface area contributed by atoms with Gasteiger partial charge in [-0.1, -0.05) is 0 Å². The minimum absolute atomic E-state index is 0.219. The van der Waals surface area contributed by atoms with Gasteiger partial charge >= 0.3 is 5.97 Å². The Morgan fingerprint density at radius 1 is 1.17 bits per heavy atom. The number of carbonyl (C=O) groups excluding carboxylic acids is 1.